The molecule has 0 bridgehead atoms. The molecule has 1 aliphatic rings. The minimum Gasteiger partial charge on any atom is -0.486 e. The van der Waals surface area contributed by atoms with Crippen LogP contribution in [-0.2, 0) is 6.61 Å². The third kappa shape index (κ3) is 6.21. The van der Waals surface area contributed by atoms with Gasteiger partial charge in [-0.1, -0.05) is 44.9 Å². The maximum absolute atomic E-state index is 12.8. The van der Waals surface area contributed by atoms with Crippen molar-refractivity contribution in [2.45, 2.75) is 64.1 Å². The molecule has 1 saturated carbocycles. The van der Waals surface area contributed by atoms with Crippen LogP contribution < -0.4 is 15.4 Å². The predicted octanol–water partition coefficient (Wildman–Crippen LogP) is 5.38. The summed E-state index contributed by atoms with van der Waals surface area (Å²) in [7, 11) is 0. The molecule has 1 fully saturated rings. The van der Waals surface area contributed by atoms with Gasteiger partial charge in [0, 0.05) is 17.5 Å². The molecule has 2 amide bonds. The number of rotatable bonds is 8. The minimum absolute atomic E-state index is 0.0763. The van der Waals surface area contributed by atoms with Crippen LogP contribution in [0.3, 0.4) is 0 Å². The summed E-state index contributed by atoms with van der Waals surface area (Å²) in [5, 5.41) is 10.6. The molecule has 2 aromatic heterocycles. The summed E-state index contributed by atoms with van der Waals surface area (Å²) >= 11 is 2.83. The fourth-order valence-corrected chi connectivity index (χ4v) is 5.25. The van der Waals surface area contributed by atoms with E-state index >= 15 is 0 Å². The highest BCUT2D eigenvalue weighted by Crippen LogP contribution is 2.22. The van der Waals surface area contributed by atoms with Crippen molar-refractivity contribution in [1.82, 2.24) is 15.6 Å². The van der Waals surface area contributed by atoms with Gasteiger partial charge in [-0.2, -0.15) is 0 Å². The monoisotopic (exact) mass is 483 g/mol. The third-order valence-electron chi connectivity index (χ3n) is 5.84. The molecule has 3 aromatic rings. The summed E-state index contributed by atoms with van der Waals surface area (Å²) in [6, 6.07) is 11.6. The van der Waals surface area contributed by atoms with E-state index in [9.17, 15) is 9.59 Å². The Morgan fingerprint density at radius 3 is 2.36 bits per heavy atom. The van der Waals surface area contributed by atoms with Gasteiger partial charge in [0.15, 0.2) is 0 Å². The van der Waals surface area contributed by atoms with E-state index in [2.05, 4.69) is 41.6 Å². The molecule has 1 aromatic carbocycles. The molecule has 2 unspecified atom stereocenters. The third-order valence-corrected chi connectivity index (χ3v) is 7.53. The number of carbonyl (C=O) groups excluding carboxylic acids is 2. The second-order valence-electron chi connectivity index (χ2n) is 8.56. The van der Waals surface area contributed by atoms with Gasteiger partial charge in [-0.05, 0) is 47.9 Å². The number of carbonyl (C=O) groups is 2. The van der Waals surface area contributed by atoms with Crippen molar-refractivity contribution in [1.29, 1.82) is 0 Å². The van der Waals surface area contributed by atoms with Gasteiger partial charge in [0.1, 0.15) is 23.1 Å². The number of hydrogen-bond acceptors (Lipinski definition) is 6. The lowest BCUT2D eigenvalue weighted by Crippen LogP contribution is -2.53. The van der Waals surface area contributed by atoms with E-state index < -0.39 is 0 Å². The van der Waals surface area contributed by atoms with Gasteiger partial charge in [0.25, 0.3) is 11.8 Å². The Bertz CT molecular complexity index is 1060. The SMILES string of the molecule is CC(C)c1ccc(OCc2nc(C(=O)NC3CCCCC3NC(=O)c3cccs3)cs2)cc1. The number of thiophene rings is 1. The Morgan fingerprint density at radius 2 is 1.73 bits per heavy atom. The van der Waals surface area contributed by atoms with Crippen molar-refractivity contribution in [3.8, 4) is 5.75 Å². The topological polar surface area (TPSA) is 80.3 Å². The van der Waals surface area contributed by atoms with Crippen LogP contribution in [-0.4, -0.2) is 28.9 Å². The molecule has 2 atom stereocenters. The van der Waals surface area contributed by atoms with E-state index in [1.807, 2.05) is 29.6 Å². The molecule has 8 heteroatoms. The molecule has 2 N–H and O–H groups in total. The first-order valence-corrected chi connectivity index (χ1v) is 13.1. The Balaban J connectivity index is 1.31. The number of amides is 2. The van der Waals surface area contributed by atoms with Crippen LogP contribution in [0, 0.1) is 0 Å². The second kappa shape index (κ2) is 10.9. The van der Waals surface area contributed by atoms with Gasteiger partial charge in [0.05, 0.1) is 4.88 Å². The Labute approximate surface area is 202 Å². The predicted molar refractivity (Wildman–Crippen MR) is 132 cm³/mol. The number of nitrogens with zero attached hydrogens (tertiary/aromatic N) is 1. The van der Waals surface area contributed by atoms with Crippen molar-refractivity contribution in [3.05, 3.63) is 68.3 Å². The average Bonchev–Trinajstić information content (AvgIpc) is 3.52. The van der Waals surface area contributed by atoms with Crippen LogP contribution in [0.2, 0.25) is 0 Å². The highest BCUT2D eigenvalue weighted by Gasteiger charge is 2.29. The summed E-state index contributed by atoms with van der Waals surface area (Å²) in [6.45, 7) is 4.64. The molecular weight excluding hydrogens is 454 g/mol. The average molecular weight is 484 g/mol. The van der Waals surface area contributed by atoms with E-state index in [0.29, 0.717) is 23.1 Å². The zero-order chi connectivity index (χ0) is 23.2. The van der Waals surface area contributed by atoms with Crippen LogP contribution >= 0.6 is 22.7 Å². The minimum atomic E-state index is -0.207. The summed E-state index contributed by atoms with van der Waals surface area (Å²) in [5.41, 5.74) is 1.66. The molecule has 6 nitrogen and oxygen atoms in total. The Morgan fingerprint density at radius 1 is 1.03 bits per heavy atom. The number of nitrogens with one attached hydrogen (secondary N) is 2. The molecule has 33 heavy (non-hydrogen) atoms. The summed E-state index contributed by atoms with van der Waals surface area (Å²) in [4.78, 5) is 30.5. The first-order chi connectivity index (χ1) is 16.0. The van der Waals surface area contributed by atoms with E-state index in [-0.39, 0.29) is 23.9 Å². The molecule has 0 aliphatic heterocycles. The number of benzene rings is 1. The Hall–Kier alpha value is -2.71. The van der Waals surface area contributed by atoms with Crippen molar-refractivity contribution in [3.63, 3.8) is 0 Å². The lowest BCUT2D eigenvalue weighted by atomic mass is 9.90. The molecule has 174 valence electrons. The quantitative estimate of drug-likeness (QED) is 0.451. The Kier molecular flexibility index (Phi) is 7.77. The molecule has 1 aliphatic carbocycles. The first kappa shape index (κ1) is 23.4. The van der Waals surface area contributed by atoms with Crippen LogP contribution in [0.15, 0.2) is 47.2 Å². The number of hydrogen-bond donors (Lipinski definition) is 2. The summed E-state index contributed by atoms with van der Waals surface area (Å²) in [6.07, 6.45) is 3.77. The van der Waals surface area contributed by atoms with Crippen LogP contribution in [0.4, 0.5) is 0 Å². The van der Waals surface area contributed by atoms with Crippen molar-refractivity contribution < 1.29 is 14.3 Å². The fraction of sp³-hybridized carbons (Fsp3) is 0.400. The van der Waals surface area contributed by atoms with Gasteiger partial charge < -0.3 is 15.4 Å². The summed E-state index contributed by atoms with van der Waals surface area (Å²) in [5.74, 6) is 0.978. The molecule has 0 spiro atoms. The number of thiazole rings is 1. The van der Waals surface area contributed by atoms with Crippen molar-refractivity contribution in [2.24, 2.45) is 0 Å². The van der Waals surface area contributed by atoms with E-state index in [0.717, 1.165) is 36.4 Å². The summed E-state index contributed by atoms with van der Waals surface area (Å²) < 4.78 is 5.84. The van der Waals surface area contributed by atoms with E-state index in [4.69, 9.17) is 4.74 Å². The maximum atomic E-state index is 12.8. The van der Waals surface area contributed by atoms with Gasteiger partial charge in [-0.25, -0.2) is 4.98 Å². The lowest BCUT2D eigenvalue weighted by Gasteiger charge is -2.32. The van der Waals surface area contributed by atoms with Gasteiger partial charge >= 0.3 is 0 Å². The smallest absolute Gasteiger partial charge is 0.271 e. The van der Waals surface area contributed by atoms with Crippen LogP contribution in [0.1, 0.15) is 76.2 Å². The number of aromatic nitrogens is 1. The molecule has 4 rings (SSSR count). The van der Waals surface area contributed by atoms with Crippen molar-refractivity contribution in [2.75, 3.05) is 0 Å². The van der Waals surface area contributed by atoms with Gasteiger partial charge in [-0.15, -0.1) is 22.7 Å². The van der Waals surface area contributed by atoms with E-state index in [1.54, 1.807) is 5.38 Å². The molecular formula is C25H29N3O3S2. The number of ether oxygens (including phenoxy) is 1. The standard InChI is InChI=1S/C25H29N3O3S2/c1-16(2)17-9-11-18(12-10-17)31-14-23-26-21(15-33-23)24(29)27-19-6-3-4-7-20(19)28-25(30)22-8-5-13-32-22/h5,8-13,15-16,19-20H,3-4,6-7,14H2,1-2H3,(H,27,29)(H,28,30). The highest BCUT2D eigenvalue weighted by atomic mass is 32.1. The normalized spacial score (nSPS) is 18.2. The molecule has 2 heterocycles. The van der Waals surface area contributed by atoms with Gasteiger partial charge in [0.2, 0.25) is 0 Å². The van der Waals surface area contributed by atoms with Gasteiger partial charge in [-0.3, -0.25) is 9.59 Å². The zero-order valence-corrected chi connectivity index (χ0v) is 20.5. The maximum Gasteiger partial charge on any atom is 0.271 e. The molecule has 0 radical (unpaired) electrons. The highest BCUT2D eigenvalue weighted by molar-refractivity contribution is 7.12. The van der Waals surface area contributed by atoms with Crippen LogP contribution in [0.25, 0.3) is 0 Å². The fourth-order valence-electron chi connectivity index (χ4n) is 3.94. The second-order valence-corrected chi connectivity index (χ2v) is 10.5. The largest absolute Gasteiger partial charge is 0.486 e. The molecule has 0 saturated heterocycles. The van der Waals surface area contributed by atoms with Crippen molar-refractivity contribution >= 4 is 34.5 Å². The zero-order valence-electron chi connectivity index (χ0n) is 18.9. The van der Waals surface area contributed by atoms with Crippen LogP contribution in [0.5, 0.6) is 5.75 Å². The van der Waals surface area contributed by atoms with E-state index in [1.165, 1.54) is 28.2 Å². The first-order valence-electron chi connectivity index (χ1n) is 11.3. The lowest BCUT2D eigenvalue weighted by molar-refractivity contribution is 0.0862.